The third kappa shape index (κ3) is 1.29. The second-order valence-electron chi connectivity index (χ2n) is 4.01. The van der Waals surface area contributed by atoms with Crippen molar-refractivity contribution in [1.29, 1.82) is 0 Å². The van der Waals surface area contributed by atoms with E-state index in [1.807, 2.05) is 20.8 Å². The predicted molar refractivity (Wildman–Crippen MR) is 42.6 cm³/mol. The van der Waals surface area contributed by atoms with Crippen molar-refractivity contribution in [1.82, 2.24) is 4.90 Å². The minimum absolute atomic E-state index is 0.247. The second kappa shape index (κ2) is 2.47. The largest absolute Gasteiger partial charge is 0.481 e. The van der Waals surface area contributed by atoms with Crippen LogP contribution in [-0.2, 0) is 9.59 Å². The van der Waals surface area contributed by atoms with Gasteiger partial charge in [0.1, 0.15) is 0 Å². The van der Waals surface area contributed by atoms with Gasteiger partial charge in [0.15, 0.2) is 5.92 Å². The van der Waals surface area contributed by atoms with Crippen LogP contribution in [0.5, 0.6) is 0 Å². The first kappa shape index (κ1) is 9.03. The van der Waals surface area contributed by atoms with E-state index in [0.717, 1.165) is 0 Å². The summed E-state index contributed by atoms with van der Waals surface area (Å²) in [5.41, 5.74) is -0.247. The molecule has 0 radical (unpaired) electrons. The van der Waals surface area contributed by atoms with Gasteiger partial charge in [0.2, 0.25) is 5.91 Å². The van der Waals surface area contributed by atoms with Gasteiger partial charge in [0.25, 0.3) is 0 Å². The highest BCUT2D eigenvalue weighted by molar-refractivity contribution is 6.02. The first-order valence-electron chi connectivity index (χ1n) is 3.88. The molecule has 0 aromatic rings. The molecule has 1 unspecified atom stereocenters. The third-order valence-corrected chi connectivity index (χ3v) is 2.04. The van der Waals surface area contributed by atoms with Gasteiger partial charge in [-0.25, -0.2) is 0 Å². The number of hydrogen-bond donors (Lipinski definition) is 1. The van der Waals surface area contributed by atoms with Gasteiger partial charge in [-0.3, -0.25) is 9.59 Å². The van der Waals surface area contributed by atoms with E-state index in [4.69, 9.17) is 5.11 Å². The lowest BCUT2D eigenvalue weighted by molar-refractivity contribution is -0.167. The summed E-state index contributed by atoms with van der Waals surface area (Å²) in [6, 6.07) is 0. The van der Waals surface area contributed by atoms with Gasteiger partial charge in [-0.15, -0.1) is 0 Å². The first-order valence-corrected chi connectivity index (χ1v) is 3.88. The van der Waals surface area contributed by atoms with Crippen molar-refractivity contribution >= 4 is 11.9 Å². The number of carboxylic acid groups (broad SMARTS) is 1. The minimum atomic E-state index is -1.01. The molecule has 0 aromatic carbocycles. The Bertz CT molecular complexity index is 229. The molecule has 0 spiro atoms. The highest BCUT2D eigenvalue weighted by Crippen LogP contribution is 2.26. The highest BCUT2D eigenvalue weighted by atomic mass is 16.4. The van der Waals surface area contributed by atoms with Crippen LogP contribution in [0.25, 0.3) is 0 Å². The molecule has 1 atom stereocenters. The molecule has 1 amide bonds. The molecule has 0 saturated carbocycles. The van der Waals surface area contributed by atoms with Crippen molar-refractivity contribution in [2.45, 2.75) is 26.3 Å². The molecule has 1 heterocycles. The molecule has 0 bridgehead atoms. The van der Waals surface area contributed by atoms with Crippen molar-refractivity contribution in [3.8, 4) is 0 Å². The molecule has 1 saturated heterocycles. The minimum Gasteiger partial charge on any atom is -0.481 e. The Labute approximate surface area is 71.2 Å². The van der Waals surface area contributed by atoms with E-state index in [1.165, 1.54) is 0 Å². The van der Waals surface area contributed by atoms with Crippen molar-refractivity contribution in [2.75, 3.05) is 6.54 Å². The number of carbonyl (C=O) groups excluding carboxylic acids is 1. The van der Waals surface area contributed by atoms with Gasteiger partial charge in [-0.2, -0.15) is 0 Å². The van der Waals surface area contributed by atoms with Crippen LogP contribution in [0.1, 0.15) is 20.8 Å². The average Bonchev–Trinajstić information content (AvgIpc) is 1.80. The van der Waals surface area contributed by atoms with Crippen LogP contribution in [-0.4, -0.2) is 34.0 Å². The van der Waals surface area contributed by atoms with Crippen LogP contribution in [0.4, 0.5) is 0 Å². The Morgan fingerprint density at radius 3 is 2.33 bits per heavy atom. The smallest absolute Gasteiger partial charge is 0.317 e. The number of nitrogens with zero attached hydrogens (tertiary/aromatic N) is 1. The lowest BCUT2D eigenvalue weighted by Crippen LogP contribution is -2.62. The van der Waals surface area contributed by atoms with Crippen LogP contribution < -0.4 is 0 Å². The van der Waals surface area contributed by atoms with E-state index in [-0.39, 0.29) is 11.4 Å². The lowest BCUT2D eigenvalue weighted by Gasteiger charge is -2.45. The monoisotopic (exact) mass is 171 g/mol. The van der Waals surface area contributed by atoms with E-state index < -0.39 is 11.9 Å². The van der Waals surface area contributed by atoms with E-state index in [0.29, 0.717) is 6.54 Å². The Hall–Kier alpha value is -1.06. The number of amides is 1. The fraction of sp³-hybridized carbons (Fsp3) is 0.750. The lowest BCUT2D eigenvalue weighted by atomic mass is 9.91. The second-order valence-corrected chi connectivity index (χ2v) is 4.01. The van der Waals surface area contributed by atoms with Crippen LogP contribution in [0.15, 0.2) is 0 Å². The summed E-state index contributed by atoms with van der Waals surface area (Å²) in [6.07, 6.45) is 0. The Balaban J connectivity index is 2.61. The van der Waals surface area contributed by atoms with E-state index >= 15 is 0 Å². The zero-order chi connectivity index (χ0) is 9.52. The van der Waals surface area contributed by atoms with Crippen LogP contribution in [0.3, 0.4) is 0 Å². The quantitative estimate of drug-likeness (QED) is 0.457. The molecule has 0 aromatic heterocycles. The van der Waals surface area contributed by atoms with Gasteiger partial charge in [0, 0.05) is 12.1 Å². The maximum atomic E-state index is 11.2. The van der Waals surface area contributed by atoms with E-state index in [2.05, 4.69) is 0 Å². The van der Waals surface area contributed by atoms with Crippen LogP contribution in [0, 0.1) is 5.92 Å². The van der Waals surface area contributed by atoms with Gasteiger partial charge < -0.3 is 10.0 Å². The van der Waals surface area contributed by atoms with Crippen LogP contribution >= 0.6 is 0 Å². The molecule has 1 N–H and O–H groups in total. The molecule has 68 valence electrons. The van der Waals surface area contributed by atoms with Crippen molar-refractivity contribution in [2.24, 2.45) is 5.92 Å². The van der Waals surface area contributed by atoms with E-state index in [9.17, 15) is 9.59 Å². The van der Waals surface area contributed by atoms with Crippen molar-refractivity contribution in [3.05, 3.63) is 0 Å². The number of carbonyl (C=O) groups is 2. The molecule has 0 aliphatic carbocycles. The van der Waals surface area contributed by atoms with Gasteiger partial charge in [0.05, 0.1) is 0 Å². The average molecular weight is 171 g/mol. The number of hydrogen-bond acceptors (Lipinski definition) is 2. The number of carboxylic acids is 1. The predicted octanol–water partition coefficient (Wildman–Crippen LogP) is 0.328. The Kier molecular flexibility index (Phi) is 1.86. The standard InChI is InChI=1S/C8H13NO3/c1-8(2,3)9-4-5(6(9)10)7(11)12/h5H,4H2,1-3H3,(H,11,12). The number of aliphatic carboxylic acids is 1. The normalized spacial score (nSPS) is 23.8. The maximum absolute atomic E-state index is 11.2. The summed E-state index contributed by atoms with van der Waals surface area (Å²) in [4.78, 5) is 23.2. The number of rotatable bonds is 1. The topological polar surface area (TPSA) is 57.6 Å². The molecular formula is C8H13NO3. The summed E-state index contributed by atoms with van der Waals surface area (Å²) in [7, 11) is 0. The SMILES string of the molecule is CC(C)(C)N1CC(C(=O)O)C1=O. The third-order valence-electron chi connectivity index (χ3n) is 2.04. The maximum Gasteiger partial charge on any atom is 0.317 e. The number of likely N-dealkylation sites (tertiary alicyclic amines) is 1. The zero-order valence-electron chi connectivity index (χ0n) is 7.50. The van der Waals surface area contributed by atoms with Crippen molar-refractivity contribution in [3.63, 3.8) is 0 Å². The van der Waals surface area contributed by atoms with Crippen molar-refractivity contribution < 1.29 is 14.7 Å². The molecule has 1 fully saturated rings. The fourth-order valence-electron chi connectivity index (χ4n) is 1.21. The molecule has 1 aliphatic heterocycles. The summed E-state index contributed by atoms with van der Waals surface area (Å²) in [5, 5.41) is 8.54. The van der Waals surface area contributed by atoms with Crippen LogP contribution in [0.2, 0.25) is 0 Å². The molecule has 1 rings (SSSR count). The summed E-state index contributed by atoms with van der Waals surface area (Å²) < 4.78 is 0. The molecular weight excluding hydrogens is 158 g/mol. The van der Waals surface area contributed by atoms with Gasteiger partial charge in [-0.05, 0) is 20.8 Å². The van der Waals surface area contributed by atoms with Gasteiger partial charge in [-0.1, -0.05) is 0 Å². The Morgan fingerprint density at radius 2 is 2.08 bits per heavy atom. The molecule has 4 nitrogen and oxygen atoms in total. The Morgan fingerprint density at radius 1 is 1.58 bits per heavy atom. The fourth-order valence-corrected chi connectivity index (χ4v) is 1.21. The summed E-state index contributed by atoms with van der Waals surface area (Å²) in [5.74, 6) is -2.08. The summed E-state index contributed by atoms with van der Waals surface area (Å²) >= 11 is 0. The van der Waals surface area contributed by atoms with E-state index in [1.54, 1.807) is 4.90 Å². The molecule has 4 heteroatoms. The first-order chi connectivity index (χ1) is 5.34. The zero-order valence-corrected chi connectivity index (χ0v) is 7.50. The number of β-lactam (4-membered cyclic amide) rings is 1. The van der Waals surface area contributed by atoms with Gasteiger partial charge >= 0.3 is 5.97 Å². The summed E-state index contributed by atoms with van der Waals surface area (Å²) in [6.45, 7) is 6.02. The molecule has 12 heavy (non-hydrogen) atoms. The molecule has 1 aliphatic rings. The highest BCUT2D eigenvalue weighted by Gasteiger charge is 2.46.